The monoisotopic (exact) mass is 363 g/mol. The molecule has 7 heteroatoms. The SMILES string of the molecule is O=S(c1ccc(F)c(F)c1)N1Cc2cccc(N3CCNCC3)c2C1. The number of halogens is 2. The van der Waals surface area contributed by atoms with Gasteiger partial charge in [0.25, 0.3) is 0 Å². The molecule has 0 spiro atoms. The Morgan fingerprint density at radius 1 is 1.00 bits per heavy atom. The van der Waals surface area contributed by atoms with E-state index in [0.29, 0.717) is 13.1 Å². The first-order valence-corrected chi connectivity index (χ1v) is 9.42. The molecule has 2 aliphatic rings. The van der Waals surface area contributed by atoms with Crippen molar-refractivity contribution in [2.45, 2.75) is 18.0 Å². The zero-order chi connectivity index (χ0) is 17.4. The first-order chi connectivity index (χ1) is 12.1. The molecule has 0 aliphatic carbocycles. The quantitative estimate of drug-likeness (QED) is 0.910. The smallest absolute Gasteiger partial charge is 0.160 e. The van der Waals surface area contributed by atoms with E-state index in [1.54, 1.807) is 4.31 Å². The Kier molecular flexibility index (Phi) is 4.54. The van der Waals surface area contributed by atoms with E-state index in [1.807, 2.05) is 12.1 Å². The van der Waals surface area contributed by atoms with Crippen molar-refractivity contribution in [3.63, 3.8) is 0 Å². The summed E-state index contributed by atoms with van der Waals surface area (Å²) in [5, 5.41) is 3.34. The minimum atomic E-state index is -1.52. The van der Waals surface area contributed by atoms with Crippen LogP contribution in [0, 0.1) is 11.6 Å². The predicted molar refractivity (Wildman–Crippen MR) is 93.5 cm³/mol. The molecule has 2 aliphatic heterocycles. The Labute approximate surface area is 148 Å². The zero-order valence-electron chi connectivity index (χ0n) is 13.7. The number of benzene rings is 2. The van der Waals surface area contributed by atoms with Gasteiger partial charge < -0.3 is 10.2 Å². The standard InChI is InChI=1S/C18H19F2N3OS/c19-16-5-4-14(10-17(16)20)25(24)23-11-13-2-1-3-18(15(13)12-23)22-8-6-21-7-9-22/h1-5,10,21H,6-9,11-12H2. The van der Waals surface area contributed by atoms with Crippen LogP contribution in [0.4, 0.5) is 14.5 Å². The Balaban J connectivity index is 1.58. The van der Waals surface area contributed by atoms with E-state index in [0.717, 1.165) is 43.9 Å². The van der Waals surface area contributed by atoms with Gasteiger partial charge in [-0.25, -0.2) is 17.3 Å². The highest BCUT2D eigenvalue weighted by Crippen LogP contribution is 2.34. The summed E-state index contributed by atoms with van der Waals surface area (Å²) in [5.41, 5.74) is 3.51. The van der Waals surface area contributed by atoms with Gasteiger partial charge in [-0.2, -0.15) is 0 Å². The molecule has 0 amide bonds. The number of anilines is 1. The van der Waals surface area contributed by atoms with Crippen molar-refractivity contribution >= 4 is 16.7 Å². The molecule has 1 N–H and O–H groups in total. The van der Waals surface area contributed by atoms with Crippen molar-refractivity contribution in [1.82, 2.24) is 9.62 Å². The van der Waals surface area contributed by atoms with Crippen LogP contribution in [-0.2, 0) is 24.1 Å². The van der Waals surface area contributed by atoms with Crippen LogP contribution in [0.2, 0.25) is 0 Å². The van der Waals surface area contributed by atoms with Crippen LogP contribution >= 0.6 is 0 Å². The number of hydrogen-bond donors (Lipinski definition) is 1. The molecule has 1 saturated heterocycles. The second kappa shape index (κ2) is 6.82. The zero-order valence-corrected chi connectivity index (χ0v) is 14.5. The fourth-order valence-corrected chi connectivity index (χ4v) is 4.62. The fourth-order valence-electron chi connectivity index (χ4n) is 3.43. The third kappa shape index (κ3) is 3.19. The minimum absolute atomic E-state index is 0.287. The third-order valence-corrected chi connectivity index (χ3v) is 6.10. The van der Waals surface area contributed by atoms with Gasteiger partial charge in [0, 0.05) is 45.0 Å². The van der Waals surface area contributed by atoms with Crippen molar-refractivity contribution in [3.8, 4) is 0 Å². The van der Waals surface area contributed by atoms with E-state index >= 15 is 0 Å². The summed E-state index contributed by atoms with van der Waals surface area (Å²) in [5.74, 6) is -1.89. The summed E-state index contributed by atoms with van der Waals surface area (Å²) >= 11 is 0. The topological polar surface area (TPSA) is 35.6 Å². The van der Waals surface area contributed by atoms with Gasteiger partial charge in [-0.05, 0) is 35.4 Å². The number of hydrogen-bond acceptors (Lipinski definition) is 3. The summed E-state index contributed by atoms with van der Waals surface area (Å²) in [4.78, 5) is 2.63. The third-order valence-electron chi connectivity index (χ3n) is 4.71. The number of nitrogens with one attached hydrogen (secondary N) is 1. The molecule has 25 heavy (non-hydrogen) atoms. The summed E-state index contributed by atoms with van der Waals surface area (Å²) in [6.45, 7) is 4.88. The molecule has 0 saturated carbocycles. The number of piperazine rings is 1. The average molecular weight is 363 g/mol. The molecule has 1 fully saturated rings. The summed E-state index contributed by atoms with van der Waals surface area (Å²) in [6.07, 6.45) is 0. The van der Waals surface area contributed by atoms with Crippen LogP contribution in [0.1, 0.15) is 11.1 Å². The van der Waals surface area contributed by atoms with Gasteiger partial charge in [0.2, 0.25) is 0 Å². The second-order valence-corrected chi connectivity index (χ2v) is 7.76. The highest BCUT2D eigenvalue weighted by atomic mass is 32.2. The molecular weight excluding hydrogens is 344 g/mol. The number of rotatable bonds is 3. The predicted octanol–water partition coefficient (Wildman–Crippen LogP) is 2.41. The van der Waals surface area contributed by atoms with E-state index in [9.17, 15) is 13.0 Å². The summed E-state index contributed by atoms with van der Waals surface area (Å²) in [6, 6.07) is 9.61. The van der Waals surface area contributed by atoms with E-state index in [1.165, 1.54) is 17.3 Å². The van der Waals surface area contributed by atoms with Crippen LogP contribution in [0.5, 0.6) is 0 Å². The molecule has 0 radical (unpaired) electrons. The minimum Gasteiger partial charge on any atom is -0.369 e. The van der Waals surface area contributed by atoms with Crippen molar-refractivity contribution in [2.24, 2.45) is 0 Å². The first-order valence-electron chi connectivity index (χ1n) is 8.32. The Hall–Kier alpha value is -1.83. The lowest BCUT2D eigenvalue weighted by Gasteiger charge is -2.31. The maximum atomic E-state index is 13.5. The maximum absolute atomic E-state index is 13.5. The molecule has 2 aromatic carbocycles. The Morgan fingerprint density at radius 3 is 2.56 bits per heavy atom. The molecule has 0 bridgehead atoms. The highest BCUT2D eigenvalue weighted by Gasteiger charge is 2.28. The van der Waals surface area contributed by atoms with Crippen LogP contribution in [-0.4, -0.2) is 34.7 Å². The molecule has 0 aromatic heterocycles. The Bertz CT molecular complexity index is 824. The highest BCUT2D eigenvalue weighted by molar-refractivity contribution is 7.82. The molecule has 132 valence electrons. The van der Waals surface area contributed by atoms with E-state index in [-0.39, 0.29) is 4.90 Å². The van der Waals surface area contributed by atoms with Gasteiger partial charge in [-0.1, -0.05) is 12.1 Å². The average Bonchev–Trinajstić information content (AvgIpc) is 3.08. The largest absolute Gasteiger partial charge is 0.369 e. The van der Waals surface area contributed by atoms with E-state index in [4.69, 9.17) is 0 Å². The van der Waals surface area contributed by atoms with Crippen LogP contribution in [0.25, 0.3) is 0 Å². The van der Waals surface area contributed by atoms with Gasteiger partial charge in [0.05, 0.1) is 4.90 Å². The van der Waals surface area contributed by atoms with Crippen molar-refractivity contribution in [1.29, 1.82) is 0 Å². The van der Waals surface area contributed by atoms with Gasteiger partial charge in [-0.3, -0.25) is 0 Å². The normalized spacial score (nSPS) is 19.0. The van der Waals surface area contributed by atoms with Crippen LogP contribution in [0.3, 0.4) is 0 Å². The lowest BCUT2D eigenvalue weighted by atomic mass is 10.1. The molecule has 1 atom stereocenters. The van der Waals surface area contributed by atoms with E-state index in [2.05, 4.69) is 16.3 Å². The molecule has 4 nitrogen and oxygen atoms in total. The van der Waals surface area contributed by atoms with Gasteiger partial charge in [0.1, 0.15) is 11.0 Å². The van der Waals surface area contributed by atoms with Gasteiger partial charge >= 0.3 is 0 Å². The van der Waals surface area contributed by atoms with Crippen molar-refractivity contribution in [2.75, 3.05) is 31.1 Å². The number of fused-ring (bicyclic) bond motifs is 1. The lowest BCUT2D eigenvalue weighted by Crippen LogP contribution is -2.43. The van der Waals surface area contributed by atoms with Crippen molar-refractivity contribution < 1.29 is 13.0 Å². The molecule has 2 heterocycles. The Morgan fingerprint density at radius 2 is 1.80 bits per heavy atom. The second-order valence-electron chi connectivity index (χ2n) is 6.27. The number of nitrogens with zero attached hydrogens (tertiary/aromatic N) is 2. The van der Waals surface area contributed by atoms with Crippen LogP contribution in [0.15, 0.2) is 41.3 Å². The summed E-state index contributed by atoms with van der Waals surface area (Å²) in [7, 11) is -1.52. The molecule has 1 unspecified atom stereocenters. The first kappa shape index (κ1) is 16.6. The maximum Gasteiger partial charge on any atom is 0.160 e. The lowest BCUT2D eigenvalue weighted by molar-refractivity contribution is 0.471. The molecule has 4 rings (SSSR count). The van der Waals surface area contributed by atoms with Crippen LogP contribution < -0.4 is 10.2 Å². The van der Waals surface area contributed by atoms with Crippen molar-refractivity contribution in [3.05, 3.63) is 59.2 Å². The molecular formula is C18H19F2N3OS. The van der Waals surface area contributed by atoms with E-state index < -0.39 is 22.6 Å². The molecule has 2 aromatic rings. The van der Waals surface area contributed by atoms with Gasteiger partial charge in [0.15, 0.2) is 11.6 Å². The fraction of sp³-hybridized carbons (Fsp3) is 0.333. The summed E-state index contributed by atoms with van der Waals surface area (Å²) < 4.78 is 41.2. The van der Waals surface area contributed by atoms with Gasteiger partial charge in [-0.15, -0.1) is 0 Å².